The Balaban J connectivity index is 0.000000396. The van der Waals surface area contributed by atoms with Crippen LogP contribution < -0.4 is 0 Å². The normalized spacial score (nSPS) is 24.4. The van der Waals surface area contributed by atoms with Crippen LogP contribution in [-0.2, 0) is 14.3 Å². The van der Waals surface area contributed by atoms with E-state index in [0.29, 0.717) is 5.92 Å². The molecule has 0 radical (unpaired) electrons. The van der Waals surface area contributed by atoms with Crippen LogP contribution in [0.5, 0.6) is 0 Å². The largest absolute Gasteiger partial charge is 0.490 e. The second kappa shape index (κ2) is 10.4. The summed E-state index contributed by atoms with van der Waals surface area (Å²) in [5.74, 6) is -2.08. The smallest absolute Gasteiger partial charge is 0.475 e. The number of alkyl halides is 3. The van der Waals surface area contributed by atoms with E-state index < -0.39 is 12.1 Å². The van der Waals surface area contributed by atoms with Crippen LogP contribution in [0.3, 0.4) is 0 Å². The molecule has 0 aromatic carbocycles. The maximum absolute atomic E-state index is 12.5. The molecule has 6 nitrogen and oxygen atoms in total. The molecule has 1 aromatic heterocycles. The van der Waals surface area contributed by atoms with E-state index in [9.17, 15) is 18.0 Å². The fraction of sp³-hybridized carbons (Fsp3) is 0.600. The molecule has 2 aliphatic heterocycles. The van der Waals surface area contributed by atoms with E-state index in [1.165, 1.54) is 0 Å². The lowest BCUT2D eigenvalue weighted by Gasteiger charge is -2.29. The number of carbonyl (C=O) groups is 2. The topological polar surface area (TPSA) is 70.1 Å². The quantitative estimate of drug-likeness (QED) is 0.701. The van der Waals surface area contributed by atoms with E-state index >= 15 is 0 Å². The Morgan fingerprint density at radius 3 is 2.63 bits per heavy atom. The van der Waals surface area contributed by atoms with Crippen LogP contribution in [0.1, 0.15) is 18.2 Å². The average molecular weight is 449 g/mol. The summed E-state index contributed by atoms with van der Waals surface area (Å²) in [7, 11) is 1.78. The zero-order chi connectivity index (χ0) is 22.4. The number of halogens is 3. The van der Waals surface area contributed by atoms with Gasteiger partial charge in [-0.05, 0) is 30.5 Å². The Labute approximate surface area is 177 Å². The number of carboxylic acid groups (broad SMARTS) is 1. The number of carbonyl (C=O) groups excluding carboxylic acids is 1. The van der Waals surface area contributed by atoms with Gasteiger partial charge in [0.1, 0.15) is 0 Å². The van der Waals surface area contributed by atoms with Crippen molar-refractivity contribution in [2.75, 3.05) is 46.4 Å². The monoisotopic (exact) mass is 448 g/mol. The summed E-state index contributed by atoms with van der Waals surface area (Å²) in [5.41, 5.74) is 0.221. The first-order valence-corrected chi connectivity index (χ1v) is 10.5. The first kappa shape index (κ1) is 24.4. The molecule has 3 heterocycles. The van der Waals surface area contributed by atoms with E-state index in [0.717, 1.165) is 50.6 Å². The minimum Gasteiger partial charge on any atom is -0.475 e. The van der Waals surface area contributed by atoms with Gasteiger partial charge in [-0.3, -0.25) is 4.79 Å². The van der Waals surface area contributed by atoms with Gasteiger partial charge in [-0.15, -0.1) is 11.3 Å². The van der Waals surface area contributed by atoms with E-state index in [1.54, 1.807) is 24.5 Å². The third kappa shape index (κ3) is 6.29. The van der Waals surface area contributed by atoms with Crippen LogP contribution in [0.15, 0.2) is 23.6 Å². The molecule has 0 unspecified atom stereocenters. The van der Waals surface area contributed by atoms with Crippen LogP contribution in [-0.4, -0.2) is 79.4 Å². The highest BCUT2D eigenvalue weighted by Crippen LogP contribution is 2.44. The number of ether oxygens (including phenoxy) is 1. The van der Waals surface area contributed by atoms with Crippen LogP contribution in [0.25, 0.3) is 6.08 Å². The Kier molecular flexibility index (Phi) is 8.45. The molecule has 0 bridgehead atoms. The Hall–Kier alpha value is -1.91. The van der Waals surface area contributed by atoms with Gasteiger partial charge in [0.15, 0.2) is 0 Å². The second-order valence-corrected chi connectivity index (χ2v) is 8.48. The molecule has 2 saturated heterocycles. The summed E-state index contributed by atoms with van der Waals surface area (Å²) in [5, 5.41) is 9.15. The molecule has 1 amide bonds. The van der Waals surface area contributed by atoms with Gasteiger partial charge in [0, 0.05) is 55.6 Å². The van der Waals surface area contributed by atoms with E-state index in [1.807, 2.05) is 28.5 Å². The molecule has 1 N–H and O–H groups in total. The first-order chi connectivity index (χ1) is 14.1. The maximum atomic E-state index is 12.5. The third-order valence-electron chi connectivity index (χ3n) is 5.57. The highest BCUT2D eigenvalue weighted by atomic mass is 32.1. The summed E-state index contributed by atoms with van der Waals surface area (Å²) >= 11 is 1.66. The van der Waals surface area contributed by atoms with Gasteiger partial charge in [0.05, 0.1) is 6.61 Å². The molecule has 1 spiro atoms. The molecule has 10 heteroatoms. The summed E-state index contributed by atoms with van der Waals surface area (Å²) in [4.78, 5) is 27.0. The van der Waals surface area contributed by atoms with Crippen molar-refractivity contribution in [2.45, 2.75) is 19.5 Å². The molecule has 0 aliphatic carbocycles. The molecular formula is C20H27F3N2O4S. The third-order valence-corrected chi connectivity index (χ3v) is 6.41. The molecule has 0 saturated carbocycles. The number of methoxy groups -OCH3 is 1. The van der Waals surface area contributed by atoms with Gasteiger partial charge >= 0.3 is 12.1 Å². The van der Waals surface area contributed by atoms with E-state index in [-0.39, 0.29) is 11.3 Å². The van der Waals surface area contributed by atoms with Crippen molar-refractivity contribution in [1.82, 2.24) is 9.80 Å². The number of hydrogen-bond donors (Lipinski definition) is 1. The van der Waals surface area contributed by atoms with E-state index in [2.05, 4.69) is 11.8 Å². The molecule has 3 rings (SSSR count). The molecular weight excluding hydrogens is 421 g/mol. The number of aliphatic carboxylic acids is 1. The highest BCUT2D eigenvalue weighted by Gasteiger charge is 2.50. The van der Waals surface area contributed by atoms with Gasteiger partial charge < -0.3 is 19.6 Å². The summed E-state index contributed by atoms with van der Waals surface area (Å²) in [6.45, 7) is 8.01. The number of thiophene rings is 1. The minimum absolute atomic E-state index is 0.140. The van der Waals surface area contributed by atoms with Crippen molar-refractivity contribution >= 4 is 29.3 Å². The number of likely N-dealkylation sites (tertiary alicyclic amines) is 2. The SMILES string of the molecule is CCN1C[C@H](COC)[C@]2(CCN(C(=O)/C=C/c3cccs3)C2)C1.O=C(O)C(F)(F)F. The van der Waals surface area contributed by atoms with Crippen LogP contribution in [0.4, 0.5) is 13.2 Å². The molecule has 2 fully saturated rings. The average Bonchev–Trinajstić information content (AvgIpc) is 3.42. The summed E-state index contributed by atoms with van der Waals surface area (Å²) in [6.07, 6.45) is -0.337. The molecule has 2 atom stereocenters. The van der Waals surface area contributed by atoms with Crippen LogP contribution >= 0.6 is 11.3 Å². The number of amides is 1. The van der Waals surface area contributed by atoms with Crippen molar-refractivity contribution in [3.8, 4) is 0 Å². The lowest BCUT2D eigenvalue weighted by atomic mass is 9.77. The van der Waals surface area contributed by atoms with Gasteiger partial charge in [0.25, 0.3) is 0 Å². The number of hydrogen-bond acceptors (Lipinski definition) is 5. The lowest BCUT2D eigenvalue weighted by Crippen LogP contribution is -2.37. The van der Waals surface area contributed by atoms with Crippen LogP contribution in [0.2, 0.25) is 0 Å². The fourth-order valence-electron chi connectivity index (χ4n) is 4.01. The van der Waals surface area contributed by atoms with Crippen molar-refractivity contribution in [2.24, 2.45) is 11.3 Å². The second-order valence-electron chi connectivity index (χ2n) is 7.50. The predicted molar refractivity (Wildman–Crippen MR) is 108 cm³/mol. The lowest BCUT2D eigenvalue weighted by molar-refractivity contribution is -0.192. The Morgan fingerprint density at radius 2 is 2.10 bits per heavy atom. The molecule has 30 heavy (non-hydrogen) atoms. The van der Waals surface area contributed by atoms with Gasteiger partial charge in [-0.2, -0.15) is 13.2 Å². The van der Waals surface area contributed by atoms with Crippen molar-refractivity contribution in [3.05, 3.63) is 28.5 Å². The first-order valence-electron chi connectivity index (χ1n) is 9.63. The minimum atomic E-state index is -5.08. The van der Waals surface area contributed by atoms with Crippen LogP contribution in [0, 0.1) is 11.3 Å². The zero-order valence-electron chi connectivity index (χ0n) is 17.0. The van der Waals surface area contributed by atoms with Gasteiger partial charge in [-0.1, -0.05) is 13.0 Å². The van der Waals surface area contributed by atoms with Crippen molar-refractivity contribution < 1.29 is 32.6 Å². The Morgan fingerprint density at radius 1 is 1.40 bits per heavy atom. The number of nitrogens with zero attached hydrogens (tertiary/aromatic N) is 2. The number of rotatable bonds is 5. The summed E-state index contributed by atoms with van der Waals surface area (Å²) < 4.78 is 37.2. The maximum Gasteiger partial charge on any atom is 0.490 e. The van der Waals surface area contributed by atoms with Gasteiger partial charge in [0.2, 0.25) is 5.91 Å². The Bertz CT molecular complexity index is 739. The predicted octanol–water partition coefficient (Wildman–Crippen LogP) is 3.21. The van der Waals surface area contributed by atoms with Crippen molar-refractivity contribution in [1.29, 1.82) is 0 Å². The van der Waals surface area contributed by atoms with Gasteiger partial charge in [-0.25, -0.2) is 4.79 Å². The molecule has 2 aliphatic rings. The van der Waals surface area contributed by atoms with Crippen molar-refractivity contribution in [3.63, 3.8) is 0 Å². The standard InChI is InChI=1S/C18H26N2O2S.C2HF3O2/c1-3-19-11-15(12-22-2)18(13-19)8-9-20(14-18)17(21)7-6-16-5-4-10-23-16;3-2(4,5)1(6)7/h4-7,10,15H,3,8-9,11-14H2,1-2H3;(H,6,7)/b7-6+;/t15-,18-;/m1./s1. The number of carboxylic acids is 1. The highest BCUT2D eigenvalue weighted by molar-refractivity contribution is 7.10. The fourth-order valence-corrected chi connectivity index (χ4v) is 4.63. The van der Waals surface area contributed by atoms with E-state index in [4.69, 9.17) is 14.6 Å². The zero-order valence-corrected chi connectivity index (χ0v) is 17.8. The molecule has 1 aromatic rings. The summed E-state index contributed by atoms with van der Waals surface area (Å²) in [6, 6.07) is 4.04. The molecule has 168 valence electrons.